The Balaban J connectivity index is 1.53. The summed E-state index contributed by atoms with van der Waals surface area (Å²) in [5.74, 6) is -1.60. The van der Waals surface area contributed by atoms with E-state index in [0.29, 0.717) is 5.65 Å². The second-order valence-electron chi connectivity index (χ2n) is 8.45. The quantitative estimate of drug-likeness (QED) is 0.440. The number of rotatable bonds is 6. The van der Waals surface area contributed by atoms with Crippen LogP contribution in [0.5, 0.6) is 11.5 Å². The number of hydrogen-bond donors (Lipinski definition) is 1. The lowest BCUT2D eigenvalue weighted by molar-refractivity contribution is 0.266. The molecule has 1 N–H and O–H groups in total. The van der Waals surface area contributed by atoms with Gasteiger partial charge in [-0.2, -0.15) is 0 Å². The first-order chi connectivity index (χ1) is 16.5. The first-order valence-corrected chi connectivity index (χ1v) is 11.3. The highest BCUT2D eigenvalue weighted by Crippen LogP contribution is 2.34. The normalized spacial score (nSPS) is 13.8. The van der Waals surface area contributed by atoms with Gasteiger partial charge in [0.15, 0.2) is 23.1 Å². The Morgan fingerprint density at radius 1 is 1.00 bits per heavy atom. The Hall–Kier alpha value is -3.52. The van der Waals surface area contributed by atoms with Crippen LogP contribution in [-0.4, -0.2) is 47.2 Å². The number of likely N-dealkylation sites (N-methyl/N-ethyl adjacent to an activating group) is 1. The summed E-state index contributed by atoms with van der Waals surface area (Å²) in [4.78, 5) is 14.7. The number of hydrogen-bond acceptors (Lipinski definition) is 5. The molecule has 0 atom stereocenters. The molecule has 176 valence electrons. The van der Waals surface area contributed by atoms with Crippen LogP contribution in [0.4, 0.5) is 8.78 Å². The van der Waals surface area contributed by atoms with Gasteiger partial charge in [0.1, 0.15) is 5.65 Å². The number of pyridine rings is 2. The molecule has 0 radical (unpaired) electrons. The molecule has 5 rings (SSSR count). The molecule has 1 aliphatic heterocycles. The maximum Gasteiger partial charge on any atom is 0.171 e. The number of aromatic amines is 1. The molecule has 3 aromatic heterocycles. The Morgan fingerprint density at radius 3 is 2.41 bits per heavy atom. The SMILES string of the molecule is CCN1CCc2ncc(-c3cnc4[nH]cc(Cc5c(F)c(OC)cc(OC)c5F)c4c3)cc2C1. The van der Waals surface area contributed by atoms with Gasteiger partial charge in [0.2, 0.25) is 0 Å². The molecule has 1 aromatic carbocycles. The average molecular weight is 465 g/mol. The molecule has 0 saturated heterocycles. The van der Waals surface area contributed by atoms with Crippen molar-refractivity contribution in [3.05, 3.63) is 70.8 Å². The van der Waals surface area contributed by atoms with Crippen molar-refractivity contribution in [2.24, 2.45) is 0 Å². The van der Waals surface area contributed by atoms with Gasteiger partial charge >= 0.3 is 0 Å². The van der Waals surface area contributed by atoms with E-state index in [9.17, 15) is 8.78 Å². The molecule has 6 nitrogen and oxygen atoms in total. The summed E-state index contributed by atoms with van der Waals surface area (Å²) >= 11 is 0. The van der Waals surface area contributed by atoms with E-state index in [1.54, 1.807) is 12.4 Å². The van der Waals surface area contributed by atoms with Gasteiger partial charge in [0.05, 0.1) is 14.2 Å². The third-order valence-corrected chi connectivity index (χ3v) is 6.55. The molecule has 0 fully saturated rings. The third-order valence-electron chi connectivity index (χ3n) is 6.55. The lowest BCUT2D eigenvalue weighted by Gasteiger charge is -2.27. The fourth-order valence-electron chi connectivity index (χ4n) is 4.56. The van der Waals surface area contributed by atoms with Crippen molar-refractivity contribution < 1.29 is 18.3 Å². The van der Waals surface area contributed by atoms with Crippen LogP contribution in [-0.2, 0) is 19.4 Å². The van der Waals surface area contributed by atoms with E-state index in [-0.39, 0.29) is 23.5 Å². The molecule has 1 aliphatic rings. The van der Waals surface area contributed by atoms with Gasteiger partial charge in [-0.25, -0.2) is 13.8 Å². The van der Waals surface area contributed by atoms with Gasteiger partial charge < -0.3 is 14.5 Å². The van der Waals surface area contributed by atoms with E-state index in [4.69, 9.17) is 14.5 Å². The van der Waals surface area contributed by atoms with Gasteiger partial charge in [0, 0.05) is 78.4 Å². The van der Waals surface area contributed by atoms with E-state index in [0.717, 1.165) is 53.8 Å². The van der Waals surface area contributed by atoms with E-state index in [1.807, 2.05) is 12.3 Å². The molecule has 0 spiro atoms. The predicted octanol–water partition coefficient (Wildman–Crippen LogP) is 4.89. The summed E-state index contributed by atoms with van der Waals surface area (Å²) < 4.78 is 40.0. The summed E-state index contributed by atoms with van der Waals surface area (Å²) in [6, 6.07) is 5.38. The lowest BCUT2D eigenvalue weighted by atomic mass is 9.99. The molecule has 4 heterocycles. The van der Waals surface area contributed by atoms with E-state index in [1.165, 1.54) is 25.8 Å². The van der Waals surface area contributed by atoms with Gasteiger partial charge in [-0.15, -0.1) is 0 Å². The Labute approximate surface area is 196 Å². The van der Waals surface area contributed by atoms with Gasteiger partial charge in [0.25, 0.3) is 0 Å². The zero-order valence-electron chi connectivity index (χ0n) is 19.4. The van der Waals surface area contributed by atoms with Crippen LogP contribution in [0.3, 0.4) is 0 Å². The van der Waals surface area contributed by atoms with Crippen molar-refractivity contribution in [3.8, 4) is 22.6 Å². The molecular weight excluding hydrogens is 438 g/mol. The molecule has 0 bridgehead atoms. The molecule has 4 aromatic rings. The lowest BCUT2D eigenvalue weighted by Crippen LogP contribution is -2.30. The number of aromatic nitrogens is 3. The summed E-state index contributed by atoms with van der Waals surface area (Å²) in [7, 11) is 2.68. The van der Waals surface area contributed by atoms with Gasteiger partial charge in [-0.1, -0.05) is 6.92 Å². The monoisotopic (exact) mass is 464 g/mol. The van der Waals surface area contributed by atoms with Crippen molar-refractivity contribution in [2.45, 2.75) is 26.3 Å². The van der Waals surface area contributed by atoms with Crippen molar-refractivity contribution >= 4 is 11.0 Å². The summed E-state index contributed by atoms with van der Waals surface area (Å²) in [5.41, 5.74) is 5.51. The van der Waals surface area contributed by atoms with Crippen molar-refractivity contribution in [1.29, 1.82) is 0 Å². The maximum atomic E-state index is 14.9. The second-order valence-corrected chi connectivity index (χ2v) is 8.45. The summed E-state index contributed by atoms with van der Waals surface area (Å²) in [6.45, 7) is 5.08. The molecule has 34 heavy (non-hydrogen) atoms. The van der Waals surface area contributed by atoms with Crippen LogP contribution >= 0.6 is 0 Å². The molecule has 0 saturated carbocycles. The number of methoxy groups -OCH3 is 2. The standard InChI is InChI=1S/C26H26F2N4O2/c1-4-32-6-5-21-18(14-32)7-15(11-29-21)16-8-19-17(13-31-26(19)30-12-16)9-20-24(27)22(33-2)10-23(34-3)25(20)28/h7-8,10-13H,4-6,9,14H2,1-3H3,(H,30,31). The fraction of sp³-hybridized carbons (Fsp3) is 0.308. The van der Waals surface area contributed by atoms with Crippen molar-refractivity contribution in [3.63, 3.8) is 0 Å². The van der Waals surface area contributed by atoms with Crippen LogP contribution in [0.1, 0.15) is 29.3 Å². The highest BCUT2D eigenvalue weighted by atomic mass is 19.1. The third kappa shape index (κ3) is 3.88. The van der Waals surface area contributed by atoms with Crippen LogP contribution in [0.15, 0.2) is 36.8 Å². The molecule has 8 heteroatoms. The van der Waals surface area contributed by atoms with Crippen LogP contribution in [0.25, 0.3) is 22.2 Å². The van der Waals surface area contributed by atoms with Crippen LogP contribution in [0.2, 0.25) is 0 Å². The summed E-state index contributed by atoms with van der Waals surface area (Å²) in [5, 5.41) is 0.797. The number of nitrogens with zero attached hydrogens (tertiary/aromatic N) is 3. The van der Waals surface area contributed by atoms with Crippen LogP contribution < -0.4 is 9.47 Å². The van der Waals surface area contributed by atoms with Crippen molar-refractivity contribution in [1.82, 2.24) is 19.9 Å². The number of ether oxygens (including phenoxy) is 2. The minimum Gasteiger partial charge on any atom is -0.494 e. The van der Waals surface area contributed by atoms with E-state index < -0.39 is 11.6 Å². The second kappa shape index (κ2) is 9.02. The maximum absolute atomic E-state index is 14.9. The zero-order valence-corrected chi connectivity index (χ0v) is 19.4. The zero-order chi connectivity index (χ0) is 23.8. The topological polar surface area (TPSA) is 63.3 Å². The number of fused-ring (bicyclic) bond motifs is 2. The summed E-state index contributed by atoms with van der Waals surface area (Å²) in [6.07, 6.45) is 6.37. The Bertz CT molecular complexity index is 1340. The number of H-pyrrole nitrogens is 1. The van der Waals surface area contributed by atoms with E-state index >= 15 is 0 Å². The highest BCUT2D eigenvalue weighted by molar-refractivity contribution is 5.85. The predicted molar refractivity (Wildman–Crippen MR) is 126 cm³/mol. The van der Waals surface area contributed by atoms with Crippen LogP contribution in [0, 0.1) is 11.6 Å². The Kier molecular flexibility index (Phi) is 5.91. The van der Waals surface area contributed by atoms with Crippen molar-refractivity contribution in [2.75, 3.05) is 27.3 Å². The van der Waals surface area contributed by atoms with Gasteiger partial charge in [-0.3, -0.25) is 9.88 Å². The number of halogens is 2. The fourth-order valence-corrected chi connectivity index (χ4v) is 4.56. The van der Waals surface area contributed by atoms with E-state index in [2.05, 4.69) is 27.9 Å². The minimum atomic E-state index is -0.737. The minimum absolute atomic E-state index is 0.0181. The smallest absolute Gasteiger partial charge is 0.171 e. The molecule has 0 unspecified atom stereocenters. The first kappa shape index (κ1) is 22.3. The number of nitrogens with one attached hydrogen (secondary N) is 1. The first-order valence-electron chi connectivity index (χ1n) is 11.3. The molecule has 0 aliphatic carbocycles. The molecular formula is C26H26F2N4O2. The average Bonchev–Trinajstić information content (AvgIpc) is 3.28. The number of benzene rings is 1. The molecule has 0 amide bonds. The largest absolute Gasteiger partial charge is 0.494 e. The highest BCUT2D eigenvalue weighted by Gasteiger charge is 2.22. The Morgan fingerprint density at radius 2 is 1.71 bits per heavy atom. The van der Waals surface area contributed by atoms with Gasteiger partial charge in [-0.05, 0) is 29.8 Å².